The molecule has 0 saturated carbocycles. The van der Waals surface area contributed by atoms with Gasteiger partial charge in [-0.05, 0) is 42.3 Å². The van der Waals surface area contributed by atoms with Crippen molar-refractivity contribution in [1.82, 2.24) is 0 Å². The van der Waals surface area contributed by atoms with Crippen LogP contribution in [0, 0.1) is 5.92 Å². The van der Waals surface area contributed by atoms with Crippen molar-refractivity contribution >= 4 is 24.2 Å². The highest BCUT2D eigenvalue weighted by molar-refractivity contribution is 8.00. The number of rotatable bonds is 4. The molecule has 0 aromatic heterocycles. The quantitative estimate of drug-likeness (QED) is 0.806. The minimum Gasteiger partial charge on any atom is -0.508 e. The van der Waals surface area contributed by atoms with Crippen LogP contribution in [0.2, 0.25) is 0 Å². The van der Waals surface area contributed by atoms with Crippen LogP contribution in [0.15, 0.2) is 23.1 Å². The van der Waals surface area contributed by atoms with Gasteiger partial charge in [-0.15, -0.1) is 12.4 Å². The molecule has 0 aliphatic heterocycles. The van der Waals surface area contributed by atoms with Crippen LogP contribution in [0.3, 0.4) is 0 Å². The molecule has 0 aliphatic carbocycles. The van der Waals surface area contributed by atoms with Gasteiger partial charge in [0.1, 0.15) is 5.75 Å². The van der Waals surface area contributed by atoms with Crippen molar-refractivity contribution in [2.45, 2.75) is 36.7 Å². The zero-order valence-electron chi connectivity index (χ0n) is 10.6. The smallest absolute Gasteiger partial charge is 0.446 e. The molecule has 2 nitrogen and oxygen atoms in total. The normalized spacial score (nSPS) is 13.2. The standard InChI is InChI=1S/C12H16F3NOS.ClH/c1-7(2)5-10(16)9-6-8(3-4-11(9)17)18-12(13,14)15;/h3-4,6-7,10,17H,5,16H2,1-2H3;1H/t10-;/m1./s1. The molecule has 0 heterocycles. The summed E-state index contributed by atoms with van der Waals surface area (Å²) in [5, 5.41) is 9.65. The Bertz CT molecular complexity index is 412. The number of nitrogens with two attached hydrogens (primary N) is 1. The van der Waals surface area contributed by atoms with Gasteiger partial charge in [-0.3, -0.25) is 0 Å². The molecule has 0 amide bonds. The molecule has 1 rings (SSSR count). The first-order valence-corrected chi connectivity index (χ1v) is 6.35. The Balaban J connectivity index is 0.00000324. The van der Waals surface area contributed by atoms with E-state index in [9.17, 15) is 18.3 Å². The molecule has 0 bridgehead atoms. The van der Waals surface area contributed by atoms with Gasteiger partial charge in [0.15, 0.2) is 0 Å². The van der Waals surface area contributed by atoms with E-state index in [1.807, 2.05) is 13.8 Å². The van der Waals surface area contributed by atoms with E-state index in [2.05, 4.69) is 0 Å². The third-order valence-corrected chi connectivity index (χ3v) is 3.08. The number of alkyl halides is 3. The van der Waals surface area contributed by atoms with E-state index in [1.165, 1.54) is 18.2 Å². The Hall–Kier alpha value is -0.590. The fourth-order valence-corrected chi connectivity index (χ4v) is 2.25. The summed E-state index contributed by atoms with van der Waals surface area (Å²) < 4.78 is 36.8. The summed E-state index contributed by atoms with van der Waals surface area (Å²) in [5.74, 6) is 0.244. The SMILES string of the molecule is CC(C)C[C@@H](N)c1cc(SC(F)(F)F)ccc1O.Cl. The van der Waals surface area contributed by atoms with Gasteiger partial charge in [-0.2, -0.15) is 13.2 Å². The number of hydrogen-bond donors (Lipinski definition) is 2. The van der Waals surface area contributed by atoms with Gasteiger partial charge in [0.25, 0.3) is 0 Å². The van der Waals surface area contributed by atoms with E-state index in [0.717, 1.165) is 0 Å². The first-order chi connectivity index (χ1) is 8.19. The van der Waals surface area contributed by atoms with E-state index in [-0.39, 0.29) is 34.8 Å². The first kappa shape index (κ1) is 18.4. The maximum absolute atomic E-state index is 12.3. The van der Waals surface area contributed by atoms with Crippen LogP contribution in [0.25, 0.3) is 0 Å². The Labute approximate surface area is 121 Å². The minimum absolute atomic E-state index is 0. The fourth-order valence-electron chi connectivity index (χ4n) is 1.66. The second-order valence-corrected chi connectivity index (χ2v) is 5.64. The molecule has 0 fully saturated rings. The van der Waals surface area contributed by atoms with Gasteiger partial charge < -0.3 is 10.8 Å². The Morgan fingerprint density at radius 3 is 2.37 bits per heavy atom. The van der Waals surface area contributed by atoms with Crippen molar-refractivity contribution in [1.29, 1.82) is 0 Å². The highest BCUT2D eigenvalue weighted by Crippen LogP contribution is 2.39. The number of phenolic OH excluding ortho intramolecular Hbond substituents is 1. The number of hydrogen-bond acceptors (Lipinski definition) is 3. The third-order valence-electron chi connectivity index (χ3n) is 2.36. The number of aromatic hydroxyl groups is 1. The predicted molar refractivity (Wildman–Crippen MR) is 73.7 cm³/mol. The molecule has 1 atom stereocenters. The van der Waals surface area contributed by atoms with Crippen LogP contribution in [-0.2, 0) is 0 Å². The van der Waals surface area contributed by atoms with Crippen molar-refractivity contribution in [3.8, 4) is 5.75 Å². The zero-order valence-corrected chi connectivity index (χ0v) is 12.2. The number of phenols is 1. The van der Waals surface area contributed by atoms with Crippen LogP contribution in [0.4, 0.5) is 13.2 Å². The highest BCUT2D eigenvalue weighted by atomic mass is 35.5. The molecule has 0 spiro atoms. The highest BCUT2D eigenvalue weighted by Gasteiger charge is 2.29. The van der Waals surface area contributed by atoms with Gasteiger partial charge in [-0.1, -0.05) is 13.8 Å². The largest absolute Gasteiger partial charge is 0.508 e. The van der Waals surface area contributed by atoms with Crippen LogP contribution in [0.1, 0.15) is 31.9 Å². The van der Waals surface area contributed by atoms with Gasteiger partial charge in [0.2, 0.25) is 0 Å². The summed E-state index contributed by atoms with van der Waals surface area (Å²) in [4.78, 5) is 0.0366. The van der Waals surface area contributed by atoms with Crippen molar-refractivity contribution in [2.75, 3.05) is 0 Å². The summed E-state index contributed by atoms with van der Waals surface area (Å²) in [6.07, 6.45) is 0.605. The van der Waals surface area contributed by atoms with Crippen molar-refractivity contribution in [3.05, 3.63) is 23.8 Å². The lowest BCUT2D eigenvalue weighted by molar-refractivity contribution is -0.0328. The minimum atomic E-state index is -4.34. The van der Waals surface area contributed by atoms with Gasteiger partial charge in [0, 0.05) is 16.5 Å². The lowest BCUT2D eigenvalue weighted by atomic mass is 9.97. The Morgan fingerprint density at radius 1 is 1.32 bits per heavy atom. The molecule has 110 valence electrons. The van der Waals surface area contributed by atoms with E-state index in [0.29, 0.717) is 17.9 Å². The van der Waals surface area contributed by atoms with Crippen LogP contribution in [0.5, 0.6) is 5.75 Å². The molecule has 3 N–H and O–H groups in total. The second kappa shape index (κ2) is 7.26. The van der Waals surface area contributed by atoms with E-state index < -0.39 is 11.6 Å². The van der Waals surface area contributed by atoms with Crippen LogP contribution < -0.4 is 5.73 Å². The van der Waals surface area contributed by atoms with E-state index in [1.54, 1.807) is 0 Å². The van der Waals surface area contributed by atoms with Crippen molar-refractivity contribution in [3.63, 3.8) is 0 Å². The van der Waals surface area contributed by atoms with Crippen LogP contribution >= 0.6 is 24.2 Å². The van der Waals surface area contributed by atoms with E-state index >= 15 is 0 Å². The first-order valence-electron chi connectivity index (χ1n) is 5.53. The van der Waals surface area contributed by atoms with Crippen molar-refractivity contribution in [2.24, 2.45) is 11.7 Å². The zero-order chi connectivity index (χ0) is 13.9. The lowest BCUT2D eigenvalue weighted by Gasteiger charge is -2.17. The van der Waals surface area contributed by atoms with Gasteiger partial charge in [0.05, 0.1) is 0 Å². The average Bonchev–Trinajstić information content (AvgIpc) is 2.17. The molecule has 0 unspecified atom stereocenters. The van der Waals surface area contributed by atoms with Gasteiger partial charge >= 0.3 is 5.51 Å². The summed E-state index contributed by atoms with van der Waals surface area (Å²) in [6.45, 7) is 3.93. The maximum Gasteiger partial charge on any atom is 0.446 e. The lowest BCUT2D eigenvalue weighted by Crippen LogP contribution is -2.13. The fraction of sp³-hybridized carbons (Fsp3) is 0.500. The van der Waals surface area contributed by atoms with E-state index in [4.69, 9.17) is 5.73 Å². The number of thioether (sulfide) groups is 1. The number of benzene rings is 1. The molecule has 0 saturated heterocycles. The van der Waals surface area contributed by atoms with Gasteiger partial charge in [-0.25, -0.2) is 0 Å². The maximum atomic E-state index is 12.3. The molecule has 0 radical (unpaired) electrons. The topological polar surface area (TPSA) is 46.2 Å². The van der Waals surface area contributed by atoms with Crippen LogP contribution in [-0.4, -0.2) is 10.6 Å². The Morgan fingerprint density at radius 2 is 1.89 bits per heavy atom. The van der Waals surface area contributed by atoms with Crippen molar-refractivity contribution < 1.29 is 18.3 Å². The average molecular weight is 316 g/mol. The molecule has 1 aromatic carbocycles. The second-order valence-electron chi connectivity index (χ2n) is 4.50. The molecular formula is C12H17ClF3NOS. The monoisotopic (exact) mass is 315 g/mol. The molecule has 19 heavy (non-hydrogen) atoms. The summed E-state index contributed by atoms with van der Waals surface area (Å²) in [7, 11) is 0. The molecule has 0 aliphatic rings. The predicted octanol–water partition coefficient (Wildman–Crippen LogP) is 4.47. The third kappa shape index (κ3) is 6.40. The molecule has 7 heteroatoms. The molecule has 1 aromatic rings. The summed E-state index contributed by atoms with van der Waals surface area (Å²) in [6, 6.07) is 3.34. The number of halogens is 4. The Kier molecular flexibility index (Phi) is 7.04. The summed E-state index contributed by atoms with van der Waals surface area (Å²) >= 11 is -0.207. The summed E-state index contributed by atoms with van der Waals surface area (Å²) in [5.41, 5.74) is 1.90. The molecular weight excluding hydrogens is 299 g/mol.